The highest BCUT2D eigenvalue weighted by atomic mass is 32.1. The summed E-state index contributed by atoms with van der Waals surface area (Å²) < 4.78 is 0. The number of thiocarbonyl (C=S) groups is 1. The van der Waals surface area contributed by atoms with Gasteiger partial charge < -0.3 is 10.6 Å². The van der Waals surface area contributed by atoms with Crippen LogP contribution in [0.2, 0.25) is 0 Å². The van der Waals surface area contributed by atoms with Crippen LogP contribution in [0.4, 0.5) is 0 Å². The van der Waals surface area contributed by atoms with Crippen LogP contribution in [0.1, 0.15) is 41.5 Å². The third-order valence-electron chi connectivity index (χ3n) is 3.72. The van der Waals surface area contributed by atoms with Gasteiger partial charge in [-0.2, -0.15) is 0 Å². The average Bonchev–Trinajstić information content (AvgIpc) is 2.30. The zero-order valence-electron chi connectivity index (χ0n) is 10.1. The van der Waals surface area contributed by atoms with Gasteiger partial charge in [-0.15, -0.1) is 0 Å². The molecule has 82 valence electrons. The lowest BCUT2D eigenvalue weighted by Gasteiger charge is -2.14. The van der Waals surface area contributed by atoms with E-state index in [1.165, 1.54) is 0 Å². The summed E-state index contributed by atoms with van der Waals surface area (Å²) in [6.45, 7) is 13.3. The van der Waals surface area contributed by atoms with Gasteiger partial charge in [0.2, 0.25) is 0 Å². The van der Waals surface area contributed by atoms with E-state index in [0.717, 1.165) is 5.11 Å². The van der Waals surface area contributed by atoms with Crippen molar-refractivity contribution in [2.24, 2.45) is 10.8 Å². The highest BCUT2D eigenvalue weighted by Crippen LogP contribution is 2.62. The normalized spacial score (nSPS) is 23.4. The third kappa shape index (κ3) is 1.88. The molecule has 3 heteroatoms. The summed E-state index contributed by atoms with van der Waals surface area (Å²) in [5.74, 6) is 0. The van der Waals surface area contributed by atoms with Crippen molar-refractivity contribution in [1.29, 1.82) is 0 Å². The Kier molecular flexibility index (Phi) is 2.83. The largest absolute Gasteiger partial charge is 0.361 e. The molecule has 1 fully saturated rings. The highest BCUT2D eigenvalue weighted by molar-refractivity contribution is 7.80. The van der Waals surface area contributed by atoms with Crippen LogP contribution in [-0.2, 0) is 0 Å². The van der Waals surface area contributed by atoms with Crippen LogP contribution < -0.4 is 10.6 Å². The van der Waals surface area contributed by atoms with Crippen molar-refractivity contribution < 1.29 is 0 Å². The Morgan fingerprint density at radius 1 is 1.14 bits per heavy atom. The van der Waals surface area contributed by atoms with Crippen molar-refractivity contribution in [3.63, 3.8) is 0 Å². The smallest absolute Gasteiger partial charge is 0.166 e. The van der Waals surface area contributed by atoms with Gasteiger partial charge >= 0.3 is 0 Å². The summed E-state index contributed by atoms with van der Waals surface area (Å²) in [5, 5.41) is 7.38. The lowest BCUT2D eigenvalue weighted by Crippen LogP contribution is -2.42. The first-order valence-corrected chi connectivity index (χ1v) is 5.67. The maximum Gasteiger partial charge on any atom is 0.166 e. The van der Waals surface area contributed by atoms with E-state index in [1.54, 1.807) is 0 Å². The van der Waals surface area contributed by atoms with Gasteiger partial charge in [0.05, 0.1) is 0 Å². The Balaban J connectivity index is 2.45. The monoisotopic (exact) mass is 214 g/mol. The first-order chi connectivity index (χ1) is 6.19. The molecule has 1 aliphatic rings. The van der Waals surface area contributed by atoms with E-state index >= 15 is 0 Å². The average molecular weight is 214 g/mol. The molecule has 1 rings (SSSR count). The molecule has 14 heavy (non-hydrogen) atoms. The van der Waals surface area contributed by atoms with E-state index < -0.39 is 0 Å². The lowest BCUT2D eigenvalue weighted by atomic mass is 10.0. The second-order valence-corrected chi connectivity index (χ2v) is 6.06. The minimum atomic E-state index is 0.343. The van der Waals surface area contributed by atoms with Crippen molar-refractivity contribution in [3.05, 3.63) is 0 Å². The number of hydrogen-bond donors (Lipinski definition) is 2. The second-order valence-electron chi connectivity index (χ2n) is 5.65. The number of hydrogen-bond acceptors (Lipinski definition) is 1. The van der Waals surface area contributed by atoms with Gasteiger partial charge in [0, 0.05) is 12.1 Å². The van der Waals surface area contributed by atoms with Crippen molar-refractivity contribution in [3.8, 4) is 0 Å². The minimum Gasteiger partial charge on any atom is -0.361 e. The van der Waals surface area contributed by atoms with E-state index in [4.69, 9.17) is 12.2 Å². The summed E-state index contributed by atoms with van der Waals surface area (Å²) in [6, 6.07) is 0.897. The molecule has 0 atom stereocenters. The van der Waals surface area contributed by atoms with Crippen LogP contribution in [-0.4, -0.2) is 17.2 Å². The standard InChI is InChI=1S/C11H22N2S/c1-7(2)12-9(14)13-8-10(3,4)11(8,5)6/h7-8H,1-6H3,(H2,12,13,14). The van der Waals surface area contributed by atoms with Gasteiger partial charge in [-0.1, -0.05) is 27.7 Å². The van der Waals surface area contributed by atoms with Crippen molar-refractivity contribution in [2.45, 2.75) is 53.6 Å². The van der Waals surface area contributed by atoms with Gasteiger partial charge in [0.15, 0.2) is 5.11 Å². The molecule has 0 aromatic carbocycles. The molecule has 0 radical (unpaired) electrons. The molecular weight excluding hydrogens is 192 g/mol. The molecule has 1 saturated carbocycles. The predicted octanol–water partition coefficient (Wildman–Crippen LogP) is 2.29. The molecule has 0 heterocycles. The summed E-state index contributed by atoms with van der Waals surface area (Å²) >= 11 is 5.23. The molecular formula is C11H22N2S. The maximum absolute atomic E-state index is 5.23. The molecule has 0 unspecified atom stereocenters. The van der Waals surface area contributed by atoms with Crippen molar-refractivity contribution in [1.82, 2.24) is 10.6 Å². The van der Waals surface area contributed by atoms with Crippen molar-refractivity contribution >= 4 is 17.3 Å². The van der Waals surface area contributed by atoms with Crippen LogP contribution in [0, 0.1) is 10.8 Å². The molecule has 0 amide bonds. The molecule has 0 aromatic heterocycles. The van der Waals surface area contributed by atoms with Crippen LogP contribution >= 0.6 is 12.2 Å². The predicted molar refractivity (Wildman–Crippen MR) is 65.4 cm³/mol. The molecule has 0 saturated heterocycles. The fourth-order valence-corrected chi connectivity index (χ4v) is 2.35. The third-order valence-corrected chi connectivity index (χ3v) is 3.95. The van der Waals surface area contributed by atoms with E-state index in [-0.39, 0.29) is 0 Å². The first kappa shape index (κ1) is 11.8. The fourth-order valence-electron chi connectivity index (χ4n) is 1.99. The van der Waals surface area contributed by atoms with E-state index in [0.29, 0.717) is 22.9 Å². The fraction of sp³-hybridized carbons (Fsp3) is 0.909. The summed E-state index contributed by atoms with van der Waals surface area (Å²) in [5.41, 5.74) is 0.686. The quantitative estimate of drug-likeness (QED) is 0.690. The molecule has 2 nitrogen and oxygen atoms in total. The Morgan fingerprint density at radius 2 is 1.57 bits per heavy atom. The minimum absolute atomic E-state index is 0.343. The Morgan fingerprint density at radius 3 is 1.86 bits per heavy atom. The highest BCUT2D eigenvalue weighted by Gasteiger charge is 2.65. The van der Waals surface area contributed by atoms with Gasteiger partial charge in [0.1, 0.15) is 0 Å². The Labute approximate surface area is 92.8 Å². The van der Waals surface area contributed by atoms with Crippen LogP contribution in [0.3, 0.4) is 0 Å². The summed E-state index contributed by atoms with van der Waals surface area (Å²) in [7, 11) is 0. The lowest BCUT2D eigenvalue weighted by molar-refractivity contribution is 0.457. The van der Waals surface area contributed by atoms with E-state index in [1.807, 2.05) is 0 Å². The Hall–Kier alpha value is -0.310. The zero-order valence-corrected chi connectivity index (χ0v) is 10.9. The van der Waals surface area contributed by atoms with Gasteiger partial charge in [0.25, 0.3) is 0 Å². The van der Waals surface area contributed by atoms with Gasteiger partial charge in [-0.25, -0.2) is 0 Å². The molecule has 0 aliphatic heterocycles. The van der Waals surface area contributed by atoms with Gasteiger partial charge in [-0.3, -0.25) is 0 Å². The van der Waals surface area contributed by atoms with Crippen LogP contribution in [0.15, 0.2) is 0 Å². The second kappa shape index (κ2) is 3.37. The molecule has 0 spiro atoms. The number of rotatable bonds is 2. The maximum atomic E-state index is 5.23. The van der Waals surface area contributed by atoms with Crippen LogP contribution in [0.5, 0.6) is 0 Å². The summed E-state index contributed by atoms with van der Waals surface area (Å²) in [6.07, 6.45) is 0. The molecule has 0 aromatic rings. The van der Waals surface area contributed by atoms with Crippen LogP contribution in [0.25, 0.3) is 0 Å². The van der Waals surface area contributed by atoms with E-state index in [9.17, 15) is 0 Å². The number of nitrogens with one attached hydrogen (secondary N) is 2. The molecule has 2 N–H and O–H groups in total. The molecule has 0 bridgehead atoms. The topological polar surface area (TPSA) is 24.1 Å². The Bertz CT molecular complexity index is 230. The summed E-state index contributed by atoms with van der Waals surface area (Å²) in [4.78, 5) is 0. The van der Waals surface area contributed by atoms with E-state index in [2.05, 4.69) is 52.2 Å². The SMILES string of the molecule is CC(C)NC(=S)NC1C(C)(C)C1(C)C. The molecule has 1 aliphatic carbocycles. The van der Waals surface area contributed by atoms with Crippen molar-refractivity contribution in [2.75, 3.05) is 0 Å². The first-order valence-electron chi connectivity index (χ1n) is 5.26. The zero-order chi connectivity index (χ0) is 11.1. The van der Waals surface area contributed by atoms with Gasteiger partial charge in [-0.05, 0) is 36.9 Å².